The lowest BCUT2D eigenvalue weighted by atomic mass is 9.96. The van der Waals surface area contributed by atoms with E-state index in [2.05, 4.69) is 10.1 Å². The Morgan fingerprint density at radius 2 is 2.00 bits per heavy atom. The van der Waals surface area contributed by atoms with Crippen molar-refractivity contribution in [2.24, 2.45) is 0 Å². The third-order valence-corrected chi connectivity index (χ3v) is 2.44. The Balaban J connectivity index is 2.17. The van der Waals surface area contributed by atoms with Crippen molar-refractivity contribution in [1.82, 2.24) is 10.1 Å². The summed E-state index contributed by atoms with van der Waals surface area (Å²) >= 11 is 0. The summed E-state index contributed by atoms with van der Waals surface area (Å²) in [5.74, 6) is 1.21. The van der Waals surface area contributed by atoms with E-state index in [4.69, 9.17) is 10.3 Å². The highest BCUT2D eigenvalue weighted by Crippen LogP contribution is 2.19. The van der Waals surface area contributed by atoms with Gasteiger partial charge < -0.3 is 10.3 Å². The molecule has 0 fully saturated rings. The van der Waals surface area contributed by atoms with Crippen molar-refractivity contribution in [3.63, 3.8) is 0 Å². The molecule has 2 aromatic rings. The number of rotatable bonds is 2. The van der Waals surface area contributed by atoms with Crippen LogP contribution in [0, 0.1) is 0 Å². The molecule has 0 bridgehead atoms. The van der Waals surface area contributed by atoms with Crippen LogP contribution in [0.3, 0.4) is 0 Å². The zero-order valence-corrected chi connectivity index (χ0v) is 10.8. The van der Waals surface area contributed by atoms with E-state index in [-0.39, 0.29) is 5.41 Å². The van der Waals surface area contributed by atoms with Crippen molar-refractivity contribution in [2.45, 2.75) is 26.2 Å². The number of benzene rings is 1. The van der Waals surface area contributed by atoms with Crippen LogP contribution < -0.4 is 5.73 Å². The van der Waals surface area contributed by atoms with Gasteiger partial charge in [-0.15, -0.1) is 0 Å². The third-order valence-electron chi connectivity index (χ3n) is 2.44. The van der Waals surface area contributed by atoms with Crippen LogP contribution in [0.5, 0.6) is 0 Å². The third kappa shape index (κ3) is 2.97. The monoisotopic (exact) mass is 243 g/mol. The lowest BCUT2D eigenvalue weighted by Crippen LogP contribution is -2.13. The lowest BCUT2D eigenvalue weighted by Gasteiger charge is -2.10. The summed E-state index contributed by atoms with van der Waals surface area (Å²) in [5.41, 5.74) is 7.34. The molecule has 4 heteroatoms. The summed E-state index contributed by atoms with van der Waals surface area (Å²) in [4.78, 5) is 4.32. The Bertz CT molecular complexity index is 564. The largest absolute Gasteiger partial charge is 0.399 e. The zero-order valence-electron chi connectivity index (χ0n) is 10.8. The summed E-state index contributed by atoms with van der Waals surface area (Å²) < 4.78 is 5.16. The van der Waals surface area contributed by atoms with Gasteiger partial charge in [0.25, 0.3) is 5.89 Å². The molecule has 2 N–H and O–H groups in total. The summed E-state index contributed by atoms with van der Waals surface area (Å²) in [6, 6.07) is 7.61. The van der Waals surface area contributed by atoms with Crippen LogP contribution in [0.1, 0.15) is 38.0 Å². The van der Waals surface area contributed by atoms with Gasteiger partial charge in [-0.2, -0.15) is 4.98 Å². The summed E-state index contributed by atoms with van der Waals surface area (Å²) in [5, 5.41) is 3.96. The molecular formula is C14H17N3O. The highest BCUT2D eigenvalue weighted by atomic mass is 16.5. The van der Waals surface area contributed by atoms with Gasteiger partial charge >= 0.3 is 0 Å². The van der Waals surface area contributed by atoms with Crippen molar-refractivity contribution >= 4 is 17.8 Å². The van der Waals surface area contributed by atoms with E-state index >= 15 is 0 Å². The van der Waals surface area contributed by atoms with E-state index in [1.54, 1.807) is 6.08 Å². The van der Waals surface area contributed by atoms with Gasteiger partial charge in [-0.05, 0) is 23.8 Å². The first-order chi connectivity index (χ1) is 8.45. The second-order valence-corrected chi connectivity index (χ2v) is 5.21. The first-order valence-electron chi connectivity index (χ1n) is 5.83. The van der Waals surface area contributed by atoms with Gasteiger partial charge in [0.2, 0.25) is 0 Å². The van der Waals surface area contributed by atoms with E-state index in [0.29, 0.717) is 11.7 Å². The minimum Gasteiger partial charge on any atom is -0.399 e. The fraction of sp³-hybridized carbons (Fsp3) is 0.286. The highest BCUT2D eigenvalue weighted by Gasteiger charge is 2.19. The van der Waals surface area contributed by atoms with E-state index in [1.165, 1.54) is 0 Å². The average Bonchev–Trinajstić information content (AvgIpc) is 2.74. The number of nitrogens with zero attached hydrogens (tertiary/aromatic N) is 2. The number of nitrogen functional groups attached to an aromatic ring is 1. The van der Waals surface area contributed by atoms with Crippen molar-refractivity contribution < 1.29 is 4.52 Å². The molecule has 0 atom stereocenters. The van der Waals surface area contributed by atoms with E-state index in [9.17, 15) is 0 Å². The molecule has 0 saturated heterocycles. The molecule has 0 aliphatic heterocycles. The van der Waals surface area contributed by atoms with Crippen LogP contribution >= 0.6 is 0 Å². The molecule has 0 spiro atoms. The summed E-state index contributed by atoms with van der Waals surface area (Å²) in [7, 11) is 0. The Labute approximate surface area is 107 Å². The Morgan fingerprint density at radius 1 is 1.22 bits per heavy atom. The number of hydrogen-bond acceptors (Lipinski definition) is 4. The molecular weight excluding hydrogens is 226 g/mol. The second kappa shape index (κ2) is 4.64. The topological polar surface area (TPSA) is 64.9 Å². The fourth-order valence-corrected chi connectivity index (χ4v) is 1.44. The van der Waals surface area contributed by atoms with Gasteiger partial charge in [0.05, 0.1) is 0 Å². The fourth-order valence-electron chi connectivity index (χ4n) is 1.44. The SMILES string of the molecule is CC(C)(C)c1noc(/C=C/c2cccc(N)c2)n1. The maximum Gasteiger partial charge on any atom is 0.250 e. The first kappa shape index (κ1) is 12.4. The minimum absolute atomic E-state index is 0.104. The van der Waals surface area contributed by atoms with Crippen LogP contribution in [-0.4, -0.2) is 10.1 Å². The van der Waals surface area contributed by atoms with Crippen LogP contribution in [0.4, 0.5) is 5.69 Å². The molecule has 2 rings (SSSR count). The molecule has 0 amide bonds. The minimum atomic E-state index is -0.104. The number of hydrogen-bond donors (Lipinski definition) is 1. The van der Waals surface area contributed by atoms with Crippen molar-refractivity contribution in [3.05, 3.63) is 41.5 Å². The molecule has 94 valence electrons. The molecule has 0 aliphatic rings. The van der Waals surface area contributed by atoms with Crippen molar-refractivity contribution in [3.8, 4) is 0 Å². The lowest BCUT2D eigenvalue weighted by molar-refractivity contribution is 0.387. The predicted octanol–water partition coefficient (Wildman–Crippen LogP) is 3.12. The maximum absolute atomic E-state index is 5.70. The van der Waals surface area contributed by atoms with Crippen LogP contribution in [0.2, 0.25) is 0 Å². The van der Waals surface area contributed by atoms with Gasteiger partial charge in [-0.1, -0.05) is 38.1 Å². The highest BCUT2D eigenvalue weighted by molar-refractivity contribution is 5.67. The normalized spacial score (nSPS) is 12.2. The Hall–Kier alpha value is -2.10. The van der Waals surface area contributed by atoms with E-state index in [1.807, 2.05) is 51.1 Å². The molecule has 0 unspecified atom stereocenters. The molecule has 1 heterocycles. The Kier molecular flexibility index (Phi) is 3.19. The smallest absolute Gasteiger partial charge is 0.250 e. The van der Waals surface area contributed by atoms with E-state index in [0.717, 1.165) is 11.3 Å². The van der Waals surface area contributed by atoms with Gasteiger partial charge in [0.15, 0.2) is 5.82 Å². The number of anilines is 1. The molecule has 0 saturated carbocycles. The quantitative estimate of drug-likeness (QED) is 0.823. The van der Waals surface area contributed by atoms with Crippen molar-refractivity contribution in [1.29, 1.82) is 0 Å². The number of aromatic nitrogens is 2. The molecule has 1 aromatic carbocycles. The molecule has 4 nitrogen and oxygen atoms in total. The van der Waals surface area contributed by atoms with Crippen LogP contribution in [0.15, 0.2) is 28.8 Å². The molecule has 1 aromatic heterocycles. The Morgan fingerprint density at radius 3 is 2.61 bits per heavy atom. The maximum atomic E-state index is 5.70. The standard InChI is InChI=1S/C14H17N3O/c1-14(2,3)13-16-12(18-17-13)8-7-10-5-4-6-11(15)9-10/h4-9H,15H2,1-3H3/b8-7+. The first-order valence-corrected chi connectivity index (χ1v) is 5.83. The molecule has 18 heavy (non-hydrogen) atoms. The van der Waals surface area contributed by atoms with Crippen molar-refractivity contribution in [2.75, 3.05) is 5.73 Å². The van der Waals surface area contributed by atoms with Crippen LogP contribution in [-0.2, 0) is 5.41 Å². The average molecular weight is 243 g/mol. The predicted molar refractivity (Wildman–Crippen MR) is 72.8 cm³/mol. The zero-order chi connectivity index (χ0) is 13.2. The van der Waals surface area contributed by atoms with Gasteiger partial charge in [-0.3, -0.25) is 0 Å². The van der Waals surface area contributed by atoms with Crippen LogP contribution in [0.25, 0.3) is 12.2 Å². The summed E-state index contributed by atoms with van der Waals surface area (Å²) in [6.45, 7) is 6.13. The van der Waals surface area contributed by atoms with Gasteiger partial charge in [-0.25, -0.2) is 0 Å². The number of nitrogens with two attached hydrogens (primary N) is 1. The van der Waals surface area contributed by atoms with Gasteiger partial charge in [0.1, 0.15) is 0 Å². The molecule has 0 aliphatic carbocycles. The van der Waals surface area contributed by atoms with Gasteiger partial charge in [0, 0.05) is 17.2 Å². The second-order valence-electron chi connectivity index (χ2n) is 5.21. The van der Waals surface area contributed by atoms with E-state index < -0.39 is 0 Å². The summed E-state index contributed by atoms with van der Waals surface area (Å²) in [6.07, 6.45) is 3.69. The molecule has 0 radical (unpaired) electrons.